The first-order chi connectivity index (χ1) is 15.8. The summed E-state index contributed by atoms with van der Waals surface area (Å²) in [6.07, 6.45) is 1.75. The Morgan fingerprint density at radius 1 is 1.06 bits per heavy atom. The van der Waals surface area contributed by atoms with E-state index in [9.17, 15) is 18.0 Å². The summed E-state index contributed by atoms with van der Waals surface area (Å²) < 4.78 is 26.3. The van der Waals surface area contributed by atoms with E-state index in [1.54, 1.807) is 44.2 Å². The van der Waals surface area contributed by atoms with E-state index in [-0.39, 0.29) is 12.5 Å². The molecule has 7 nitrogen and oxygen atoms in total. The van der Waals surface area contributed by atoms with Gasteiger partial charge in [-0.1, -0.05) is 53.9 Å². The zero-order chi connectivity index (χ0) is 25.6. The number of carbonyl (C=O) groups excluding carboxylic acids is 2. The van der Waals surface area contributed by atoms with Gasteiger partial charge in [0.15, 0.2) is 0 Å². The third kappa shape index (κ3) is 7.50. The van der Waals surface area contributed by atoms with Crippen LogP contribution in [0, 0.1) is 6.92 Å². The van der Waals surface area contributed by atoms with Crippen molar-refractivity contribution in [2.45, 2.75) is 39.8 Å². The van der Waals surface area contributed by atoms with E-state index < -0.39 is 28.5 Å². The number of halogens is 3. The summed E-state index contributed by atoms with van der Waals surface area (Å²) in [6, 6.07) is 8.84. The highest BCUT2D eigenvalue weighted by Crippen LogP contribution is 2.27. The van der Waals surface area contributed by atoms with Crippen molar-refractivity contribution in [3.8, 4) is 0 Å². The van der Waals surface area contributed by atoms with Gasteiger partial charge in [0.2, 0.25) is 21.8 Å². The fourth-order valence-electron chi connectivity index (χ4n) is 3.26. The standard InChI is InChI=1S/C23H28Cl3N3O4S/c1-5-10-27-23(31)16(3)28(13-17-7-9-19(25)20(26)11-17)22(30)14-29(34(4,32)33)21-12-18(24)8-6-15(21)2/h6-9,11-12,16H,5,10,13-14H2,1-4H3,(H,27,31)/t16-/m0/s1. The van der Waals surface area contributed by atoms with Gasteiger partial charge < -0.3 is 10.2 Å². The number of amides is 2. The SMILES string of the molecule is CCCNC(=O)[C@H](C)N(Cc1ccc(Cl)c(Cl)c1)C(=O)CN(c1cc(Cl)ccc1C)S(C)(=O)=O. The molecule has 0 radical (unpaired) electrons. The Hall–Kier alpha value is -2.00. The number of sulfonamides is 1. The van der Waals surface area contributed by atoms with E-state index in [1.165, 1.54) is 11.0 Å². The van der Waals surface area contributed by atoms with Gasteiger partial charge in [-0.2, -0.15) is 0 Å². The molecule has 2 aromatic rings. The average Bonchev–Trinajstić information content (AvgIpc) is 2.76. The Balaban J connectivity index is 2.44. The van der Waals surface area contributed by atoms with Crippen molar-refractivity contribution in [3.05, 3.63) is 62.6 Å². The highest BCUT2D eigenvalue weighted by molar-refractivity contribution is 7.92. The van der Waals surface area contributed by atoms with Crippen molar-refractivity contribution in [1.82, 2.24) is 10.2 Å². The lowest BCUT2D eigenvalue weighted by Gasteiger charge is -2.32. The number of hydrogen-bond donors (Lipinski definition) is 1. The van der Waals surface area contributed by atoms with E-state index in [2.05, 4.69) is 5.32 Å². The van der Waals surface area contributed by atoms with Crippen LogP contribution in [0.1, 0.15) is 31.4 Å². The maximum Gasteiger partial charge on any atom is 0.244 e. The van der Waals surface area contributed by atoms with Gasteiger partial charge in [0.25, 0.3) is 0 Å². The first-order valence-corrected chi connectivity index (χ1v) is 13.6. The number of rotatable bonds is 10. The van der Waals surface area contributed by atoms with E-state index in [0.717, 1.165) is 17.0 Å². The quantitative estimate of drug-likeness (QED) is 0.468. The second-order valence-corrected chi connectivity index (χ2v) is 11.1. The first kappa shape index (κ1) is 28.2. The van der Waals surface area contributed by atoms with Gasteiger partial charge in [-0.25, -0.2) is 8.42 Å². The Kier molecular flexibility index (Phi) is 10.1. The van der Waals surface area contributed by atoms with Gasteiger partial charge in [0, 0.05) is 18.1 Å². The highest BCUT2D eigenvalue weighted by Gasteiger charge is 2.30. The summed E-state index contributed by atoms with van der Waals surface area (Å²) in [5.74, 6) is -0.907. The van der Waals surface area contributed by atoms with Crippen LogP contribution in [0.3, 0.4) is 0 Å². The molecule has 0 saturated carbocycles. The molecular formula is C23H28Cl3N3O4S. The normalized spacial score (nSPS) is 12.2. The van der Waals surface area contributed by atoms with Crippen molar-refractivity contribution in [2.24, 2.45) is 0 Å². The second kappa shape index (κ2) is 12.1. The maximum atomic E-state index is 13.5. The molecule has 0 aromatic heterocycles. The number of anilines is 1. The van der Waals surface area contributed by atoms with Crippen molar-refractivity contribution in [1.29, 1.82) is 0 Å². The molecule has 1 N–H and O–H groups in total. The topological polar surface area (TPSA) is 86.8 Å². The fraction of sp³-hybridized carbons (Fsp3) is 0.391. The number of aryl methyl sites for hydroxylation is 1. The van der Waals surface area contributed by atoms with E-state index >= 15 is 0 Å². The van der Waals surface area contributed by atoms with Gasteiger partial charge in [-0.05, 0) is 55.7 Å². The molecule has 0 aliphatic carbocycles. The molecule has 1 atom stereocenters. The summed E-state index contributed by atoms with van der Waals surface area (Å²) >= 11 is 18.2. The van der Waals surface area contributed by atoms with Crippen LogP contribution in [0.25, 0.3) is 0 Å². The zero-order valence-electron chi connectivity index (χ0n) is 19.4. The van der Waals surface area contributed by atoms with Crippen molar-refractivity contribution in [3.63, 3.8) is 0 Å². The number of benzene rings is 2. The molecule has 11 heteroatoms. The van der Waals surface area contributed by atoms with Crippen LogP contribution in [0.5, 0.6) is 0 Å². The molecule has 34 heavy (non-hydrogen) atoms. The predicted octanol–water partition coefficient (Wildman–Crippen LogP) is 4.66. The Morgan fingerprint density at radius 2 is 1.74 bits per heavy atom. The summed E-state index contributed by atoms with van der Waals surface area (Å²) in [4.78, 5) is 27.5. The number of carbonyl (C=O) groups is 2. The van der Waals surface area contributed by atoms with Crippen LogP contribution in [0.2, 0.25) is 15.1 Å². The van der Waals surface area contributed by atoms with E-state index in [1.807, 2.05) is 6.92 Å². The van der Waals surface area contributed by atoms with Crippen molar-refractivity contribution in [2.75, 3.05) is 23.7 Å². The van der Waals surface area contributed by atoms with Gasteiger partial charge in [-0.3, -0.25) is 13.9 Å². The van der Waals surface area contributed by atoms with Gasteiger partial charge in [-0.15, -0.1) is 0 Å². The average molecular weight is 549 g/mol. The fourth-order valence-corrected chi connectivity index (χ4v) is 4.65. The summed E-state index contributed by atoms with van der Waals surface area (Å²) in [5, 5.41) is 3.78. The molecule has 0 spiro atoms. The molecule has 0 bridgehead atoms. The number of hydrogen-bond acceptors (Lipinski definition) is 4. The lowest BCUT2D eigenvalue weighted by molar-refractivity contribution is -0.139. The maximum absolute atomic E-state index is 13.5. The van der Waals surface area contributed by atoms with Crippen LogP contribution in [0.15, 0.2) is 36.4 Å². The minimum atomic E-state index is -3.84. The largest absolute Gasteiger partial charge is 0.354 e. The third-order valence-electron chi connectivity index (χ3n) is 5.17. The molecule has 0 aliphatic heterocycles. The Labute approximate surface area is 216 Å². The van der Waals surface area contributed by atoms with E-state index in [4.69, 9.17) is 34.8 Å². The molecule has 186 valence electrons. The lowest BCUT2D eigenvalue weighted by atomic mass is 10.1. The monoisotopic (exact) mass is 547 g/mol. The molecule has 0 aliphatic rings. The Morgan fingerprint density at radius 3 is 2.32 bits per heavy atom. The predicted molar refractivity (Wildman–Crippen MR) is 138 cm³/mol. The van der Waals surface area contributed by atoms with Crippen LogP contribution in [0.4, 0.5) is 5.69 Å². The highest BCUT2D eigenvalue weighted by atomic mass is 35.5. The second-order valence-electron chi connectivity index (χ2n) is 7.94. The molecule has 2 aromatic carbocycles. The zero-order valence-corrected chi connectivity index (χ0v) is 22.5. The van der Waals surface area contributed by atoms with Crippen molar-refractivity contribution < 1.29 is 18.0 Å². The van der Waals surface area contributed by atoms with Crippen molar-refractivity contribution >= 4 is 62.3 Å². The minimum absolute atomic E-state index is 0.0303. The lowest BCUT2D eigenvalue weighted by Crippen LogP contribution is -2.51. The first-order valence-electron chi connectivity index (χ1n) is 10.6. The number of nitrogens with zero attached hydrogens (tertiary/aromatic N) is 2. The van der Waals surface area contributed by atoms with E-state index in [0.29, 0.717) is 38.4 Å². The molecule has 2 rings (SSSR count). The molecule has 0 fully saturated rings. The third-order valence-corrected chi connectivity index (χ3v) is 7.27. The Bertz CT molecular complexity index is 1160. The van der Waals surface area contributed by atoms with Crippen LogP contribution >= 0.6 is 34.8 Å². The summed E-state index contributed by atoms with van der Waals surface area (Å²) in [5.41, 5.74) is 1.57. The molecule has 0 unspecified atom stereocenters. The van der Waals surface area contributed by atoms with Crippen LogP contribution < -0.4 is 9.62 Å². The molecular weight excluding hydrogens is 521 g/mol. The van der Waals surface area contributed by atoms with Crippen LogP contribution in [-0.2, 0) is 26.2 Å². The van der Waals surface area contributed by atoms with Gasteiger partial charge in [0.05, 0.1) is 22.0 Å². The van der Waals surface area contributed by atoms with Gasteiger partial charge in [0.1, 0.15) is 12.6 Å². The molecule has 2 amide bonds. The van der Waals surface area contributed by atoms with Crippen LogP contribution in [-0.4, -0.2) is 50.5 Å². The minimum Gasteiger partial charge on any atom is -0.354 e. The summed E-state index contributed by atoms with van der Waals surface area (Å²) in [7, 11) is -3.84. The number of nitrogens with one attached hydrogen (secondary N) is 1. The van der Waals surface area contributed by atoms with Gasteiger partial charge >= 0.3 is 0 Å². The smallest absolute Gasteiger partial charge is 0.244 e. The molecule has 0 heterocycles. The molecule has 0 saturated heterocycles. The summed E-state index contributed by atoms with van der Waals surface area (Å²) in [6.45, 7) is 5.21.